The molecule has 2 saturated heterocycles. The van der Waals surface area contributed by atoms with Crippen molar-refractivity contribution in [1.29, 1.82) is 0 Å². The Morgan fingerprint density at radius 2 is 1.72 bits per heavy atom. The first-order chi connectivity index (χ1) is 11.8. The molecule has 1 aromatic rings. The van der Waals surface area contributed by atoms with Gasteiger partial charge in [-0.2, -0.15) is 0 Å². The zero-order valence-corrected chi connectivity index (χ0v) is 15.0. The number of nitrogens with zero attached hydrogens (tertiary/aromatic N) is 2. The third-order valence-corrected chi connectivity index (χ3v) is 4.32. The van der Waals surface area contributed by atoms with Crippen LogP contribution < -0.4 is 5.32 Å². The fraction of sp³-hybridized carbons (Fsp3) is 0.611. The summed E-state index contributed by atoms with van der Waals surface area (Å²) < 4.78 is 11.4. The van der Waals surface area contributed by atoms with Gasteiger partial charge in [-0.15, -0.1) is 0 Å². The van der Waals surface area contributed by atoms with Crippen LogP contribution in [0.1, 0.15) is 54.6 Å². The standard InChI is InChI=1S/C18H25N3O4/c1-17(2,3)20-15(22)13-5-4-6-14(19-13)16(23)21-9-7-18(8-10-21)24-11-12-25-18/h4-6H,7-12H2,1-3H3,(H,20,22). The molecule has 0 aromatic carbocycles. The van der Waals surface area contributed by atoms with Gasteiger partial charge in [-0.3, -0.25) is 9.59 Å². The van der Waals surface area contributed by atoms with Crippen LogP contribution in [0.4, 0.5) is 0 Å². The van der Waals surface area contributed by atoms with E-state index in [1.807, 2.05) is 20.8 Å². The molecule has 0 saturated carbocycles. The molecule has 1 N–H and O–H groups in total. The molecule has 0 bridgehead atoms. The number of carbonyl (C=O) groups excluding carboxylic acids is 2. The Bertz CT molecular complexity index is 653. The number of piperidine rings is 1. The van der Waals surface area contributed by atoms with Crippen molar-refractivity contribution in [1.82, 2.24) is 15.2 Å². The van der Waals surface area contributed by atoms with Gasteiger partial charge in [-0.05, 0) is 32.9 Å². The predicted molar refractivity (Wildman–Crippen MR) is 91.2 cm³/mol. The molecular weight excluding hydrogens is 322 g/mol. The van der Waals surface area contributed by atoms with Gasteiger partial charge in [0.25, 0.3) is 11.8 Å². The molecule has 2 aliphatic heterocycles. The summed E-state index contributed by atoms with van der Waals surface area (Å²) in [5, 5.41) is 2.85. The number of rotatable bonds is 2. The van der Waals surface area contributed by atoms with Gasteiger partial charge < -0.3 is 19.7 Å². The zero-order chi connectivity index (χ0) is 18.1. The van der Waals surface area contributed by atoms with Crippen molar-refractivity contribution in [2.75, 3.05) is 26.3 Å². The quantitative estimate of drug-likeness (QED) is 0.879. The Hall–Kier alpha value is -1.99. The van der Waals surface area contributed by atoms with E-state index in [4.69, 9.17) is 9.47 Å². The highest BCUT2D eigenvalue weighted by Gasteiger charge is 2.41. The number of likely N-dealkylation sites (tertiary alicyclic amines) is 1. The Balaban J connectivity index is 1.67. The normalized spacial score (nSPS) is 19.9. The van der Waals surface area contributed by atoms with E-state index < -0.39 is 5.79 Å². The number of hydrogen-bond acceptors (Lipinski definition) is 5. The van der Waals surface area contributed by atoms with Gasteiger partial charge in [0.2, 0.25) is 0 Å². The van der Waals surface area contributed by atoms with Crippen LogP contribution >= 0.6 is 0 Å². The SMILES string of the molecule is CC(C)(C)NC(=O)c1cccc(C(=O)N2CCC3(CC2)OCCO3)n1. The highest BCUT2D eigenvalue weighted by molar-refractivity contribution is 5.96. The maximum absolute atomic E-state index is 12.7. The second-order valence-corrected chi connectivity index (χ2v) is 7.51. The summed E-state index contributed by atoms with van der Waals surface area (Å²) in [5.74, 6) is -0.968. The van der Waals surface area contributed by atoms with E-state index >= 15 is 0 Å². The van der Waals surface area contributed by atoms with Crippen LogP contribution in [0.15, 0.2) is 18.2 Å². The molecule has 2 fully saturated rings. The number of nitrogens with one attached hydrogen (secondary N) is 1. The number of amides is 2. The van der Waals surface area contributed by atoms with Crippen molar-refractivity contribution in [3.05, 3.63) is 29.6 Å². The van der Waals surface area contributed by atoms with E-state index in [1.165, 1.54) is 0 Å². The highest BCUT2D eigenvalue weighted by atomic mass is 16.7. The molecule has 0 unspecified atom stereocenters. The maximum Gasteiger partial charge on any atom is 0.272 e. The van der Waals surface area contributed by atoms with Crippen LogP contribution in [0.25, 0.3) is 0 Å². The summed E-state index contributed by atoms with van der Waals surface area (Å²) in [5.41, 5.74) is 0.170. The number of hydrogen-bond donors (Lipinski definition) is 1. The van der Waals surface area contributed by atoms with Crippen molar-refractivity contribution < 1.29 is 19.1 Å². The minimum absolute atomic E-state index is 0.168. The Kier molecular flexibility index (Phi) is 4.79. The van der Waals surface area contributed by atoms with E-state index in [-0.39, 0.29) is 28.7 Å². The van der Waals surface area contributed by atoms with Gasteiger partial charge in [0.05, 0.1) is 13.2 Å². The molecular formula is C18H25N3O4. The minimum atomic E-state index is -0.515. The summed E-state index contributed by atoms with van der Waals surface area (Å²) >= 11 is 0. The molecule has 2 aliphatic rings. The fourth-order valence-corrected chi connectivity index (χ4v) is 3.08. The molecule has 3 rings (SSSR count). The molecule has 1 spiro atoms. The minimum Gasteiger partial charge on any atom is -0.347 e. The molecule has 0 aliphatic carbocycles. The molecule has 7 heteroatoms. The summed E-state index contributed by atoms with van der Waals surface area (Å²) in [4.78, 5) is 31.0. The van der Waals surface area contributed by atoms with E-state index in [9.17, 15) is 9.59 Å². The van der Waals surface area contributed by atoms with Crippen molar-refractivity contribution in [2.45, 2.75) is 44.9 Å². The summed E-state index contributed by atoms with van der Waals surface area (Å²) in [6.07, 6.45) is 1.31. The third-order valence-electron chi connectivity index (χ3n) is 4.32. The Labute approximate surface area is 147 Å². The van der Waals surface area contributed by atoms with Gasteiger partial charge in [-0.1, -0.05) is 6.07 Å². The predicted octanol–water partition coefficient (Wildman–Crippen LogP) is 1.59. The second kappa shape index (κ2) is 6.72. The van der Waals surface area contributed by atoms with Crippen LogP contribution in [0, 0.1) is 0 Å². The van der Waals surface area contributed by atoms with Gasteiger partial charge in [0, 0.05) is 31.5 Å². The van der Waals surface area contributed by atoms with Crippen LogP contribution in [0.5, 0.6) is 0 Å². The molecule has 0 atom stereocenters. The largest absolute Gasteiger partial charge is 0.347 e. The lowest BCUT2D eigenvalue weighted by Crippen LogP contribution is -2.47. The van der Waals surface area contributed by atoms with E-state index in [0.717, 1.165) is 0 Å². The molecule has 1 aromatic heterocycles. The number of ether oxygens (including phenoxy) is 2. The van der Waals surface area contributed by atoms with Crippen molar-refractivity contribution in [2.24, 2.45) is 0 Å². The molecule has 3 heterocycles. The molecule has 136 valence electrons. The first-order valence-electron chi connectivity index (χ1n) is 8.65. The van der Waals surface area contributed by atoms with E-state index in [1.54, 1.807) is 23.1 Å². The lowest BCUT2D eigenvalue weighted by atomic mass is 10.0. The topological polar surface area (TPSA) is 80.8 Å². The Morgan fingerprint density at radius 1 is 1.12 bits per heavy atom. The maximum atomic E-state index is 12.7. The average Bonchev–Trinajstić information content (AvgIpc) is 3.02. The molecule has 7 nitrogen and oxygen atoms in total. The molecule has 25 heavy (non-hydrogen) atoms. The van der Waals surface area contributed by atoms with Gasteiger partial charge in [0.15, 0.2) is 5.79 Å². The second-order valence-electron chi connectivity index (χ2n) is 7.51. The van der Waals surface area contributed by atoms with Crippen LogP contribution in [-0.2, 0) is 9.47 Å². The van der Waals surface area contributed by atoms with E-state index in [0.29, 0.717) is 39.1 Å². The van der Waals surface area contributed by atoms with Crippen LogP contribution in [0.3, 0.4) is 0 Å². The van der Waals surface area contributed by atoms with Gasteiger partial charge in [-0.25, -0.2) is 4.98 Å². The third kappa shape index (κ3) is 4.16. The summed E-state index contributed by atoms with van der Waals surface area (Å²) in [6.45, 7) is 8.03. The fourth-order valence-electron chi connectivity index (χ4n) is 3.08. The lowest BCUT2D eigenvalue weighted by Gasteiger charge is -2.37. The Morgan fingerprint density at radius 3 is 2.32 bits per heavy atom. The number of aromatic nitrogens is 1. The first kappa shape index (κ1) is 17.8. The van der Waals surface area contributed by atoms with Gasteiger partial charge in [0.1, 0.15) is 11.4 Å². The van der Waals surface area contributed by atoms with Crippen LogP contribution in [-0.4, -0.2) is 59.3 Å². The monoisotopic (exact) mass is 347 g/mol. The van der Waals surface area contributed by atoms with Crippen LogP contribution in [0.2, 0.25) is 0 Å². The number of carbonyl (C=O) groups is 2. The number of pyridine rings is 1. The highest BCUT2D eigenvalue weighted by Crippen LogP contribution is 2.31. The smallest absolute Gasteiger partial charge is 0.272 e. The van der Waals surface area contributed by atoms with Crippen molar-refractivity contribution >= 4 is 11.8 Å². The van der Waals surface area contributed by atoms with Crippen molar-refractivity contribution in [3.63, 3.8) is 0 Å². The van der Waals surface area contributed by atoms with Gasteiger partial charge >= 0.3 is 0 Å². The lowest BCUT2D eigenvalue weighted by molar-refractivity contribution is -0.181. The first-order valence-corrected chi connectivity index (χ1v) is 8.65. The summed E-state index contributed by atoms with van der Waals surface area (Å²) in [6, 6.07) is 4.94. The van der Waals surface area contributed by atoms with Crippen molar-refractivity contribution in [3.8, 4) is 0 Å². The zero-order valence-electron chi connectivity index (χ0n) is 15.0. The average molecular weight is 347 g/mol. The molecule has 2 amide bonds. The van der Waals surface area contributed by atoms with E-state index in [2.05, 4.69) is 10.3 Å². The molecule has 0 radical (unpaired) electrons. The summed E-state index contributed by atoms with van der Waals surface area (Å²) in [7, 11) is 0.